The highest BCUT2D eigenvalue weighted by Gasteiger charge is 2.19. The number of hydrogen-bond acceptors (Lipinski definition) is 3. The van der Waals surface area contributed by atoms with E-state index in [9.17, 15) is 8.42 Å². The summed E-state index contributed by atoms with van der Waals surface area (Å²) in [6.45, 7) is 7.62. The second-order valence-electron chi connectivity index (χ2n) is 6.19. The van der Waals surface area contributed by atoms with Crippen LogP contribution in [0.1, 0.15) is 43.4 Å². The molecule has 0 N–H and O–H groups in total. The maximum atomic E-state index is 12.1. The van der Waals surface area contributed by atoms with Crippen molar-refractivity contribution >= 4 is 9.84 Å². The van der Waals surface area contributed by atoms with Gasteiger partial charge < -0.3 is 0 Å². The lowest BCUT2D eigenvalue weighted by Crippen LogP contribution is -2.14. The Morgan fingerprint density at radius 1 is 1.15 bits per heavy atom. The van der Waals surface area contributed by atoms with Gasteiger partial charge in [0.15, 0.2) is 9.84 Å². The van der Waals surface area contributed by atoms with Crippen LogP contribution in [-0.4, -0.2) is 14.2 Å². The lowest BCUT2D eigenvalue weighted by atomic mass is 9.90. The second-order valence-corrected chi connectivity index (χ2v) is 8.37. The summed E-state index contributed by atoms with van der Waals surface area (Å²) in [5.41, 5.74) is 2.57. The van der Waals surface area contributed by atoms with Crippen LogP contribution in [0.25, 0.3) is 0 Å². The van der Waals surface area contributed by atoms with Crippen LogP contribution >= 0.6 is 0 Å². The zero-order valence-corrected chi connectivity index (χ0v) is 13.5. The number of aryl methyl sites for hydroxylation is 2. The van der Waals surface area contributed by atoms with Gasteiger partial charge in [0.2, 0.25) is 0 Å². The molecule has 0 aliphatic heterocycles. The molecule has 0 aliphatic carbocycles. The molecule has 0 spiro atoms. The van der Waals surface area contributed by atoms with E-state index < -0.39 is 15.3 Å². The molecule has 0 atom stereocenters. The van der Waals surface area contributed by atoms with Gasteiger partial charge in [-0.2, -0.15) is 5.26 Å². The highest BCUT2D eigenvalue weighted by molar-refractivity contribution is 7.90. The summed E-state index contributed by atoms with van der Waals surface area (Å²) in [6, 6.07) is 8.07. The van der Waals surface area contributed by atoms with E-state index in [1.165, 1.54) is 0 Å². The van der Waals surface area contributed by atoms with Crippen LogP contribution in [0.3, 0.4) is 0 Å². The third kappa shape index (κ3) is 5.75. The topological polar surface area (TPSA) is 57.9 Å². The van der Waals surface area contributed by atoms with Crippen LogP contribution < -0.4 is 0 Å². The number of hydrogen-bond donors (Lipinski definition) is 0. The predicted octanol–water partition coefficient (Wildman–Crippen LogP) is 3.55. The van der Waals surface area contributed by atoms with Gasteiger partial charge in [0, 0.05) is 0 Å². The number of sulfone groups is 1. The fourth-order valence-corrected chi connectivity index (χ4v) is 3.67. The first kappa shape index (κ1) is 16.7. The molecular formula is C16H23NO2S. The van der Waals surface area contributed by atoms with Gasteiger partial charge in [-0.05, 0) is 46.1 Å². The van der Waals surface area contributed by atoms with Crippen molar-refractivity contribution in [1.29, 1.82) is 5.26 Å². The Balaban J connectivity index is 2.64. The van der Waals surface area contributed by atoms with Gasteiger partial charge >= 0.3 is 0 Å². The van der Waals surface area contributed by atoms with Crippen molar-refractivity contribution in [1.82, 2.24) is 0 Å². The number of nitrogens with zero attached hydrogens (tertiary/aromatic N) is 1. The molecule has 4 heteroatoms. The van der Waals surface area contributed by atoms with Crippen LogP contribution in [0.15, 0.2) is 18.2 Å². The molecule has 0 radical (unpaired) electrons. The molecule has 0 amide bonds. The molecule has 0 saturated carbocycles. The Labute approximate surface area is 122 Å². The molecule has 1 rings (SSSR count). The fraction of sp³-hybridized carbons (Fsp3) is 0.562. The van der Waals surface area contributed by atoms with Gasteiger partial charge in [-0.3, -0.25) is 0 Å². The van der Waals surface area contributed by atoms with Crippen LogP contribution in [0.2, 0.25) is 0 Å². The molecule has 1 aromatic rings. The molecule has 0 bridgehead atoms. The first-order valence-corrected chi connectivity index (χ1v) is 8.64. The van der Waals surface area contributed by atoms with Crippen molar-refractivity contribution < 1.29 is 8.42 Å². The van der Waals surface area contributed by atoms with Gasteiger partial charge in [-0.15, -0.1) is 0 Å². The summed E-state index contributed by atoms with van der Waals surface area (Å²) in [6.07, 6.45) is 1.14. The van der Waals surface area contributed by atoms with E-state index >= 15 is 0 Å². The lowest BCUT2D eigenvalue weighted by molar-refractivity contribution is 0.445. The lowest BCUT2D eigenvalue weighted by Gasteiger charge is -2.14. The molecule has 20 heavy (non-hydrogen) atoms. The molecule has 0 saturated heterocycles. The van der Waals surface area contributed by atoms with Crippen LogP contribution in [0.4, 0.5) is 0 Å². The normalized spacial score (nSPS) is 12.2. The van der Waals surface area contributed by atoms with Crippen molar-refractivity contribution in [2.24, 2.45) is 5.41 Å². The quantitative estimate of drug-likeness (QED) is 0.806. The largest absolute Gasteiger partial charge is 0.228 e. The monoisotopic (exact) mass is 293 g/mol. The number of rotatable bonds is 6. The predicted molar refractivity (Wildman–Crippen MR) is 82.0 cm³/mol. The van der Waals surface area contributed by atoms with Gasteiger partial charge in [0.05, 0.1) is 23.0 Å². The molecule has 110 valence electrons. The minimum Gasteiger partial charge on any atom is -0.228 e. The fourth-order valence-electron chi connectivity index (χ4n) is 2.27. The van der Waals surface area contributed by atoms with E-state index in [2.05, 4.69) is 6.07 Å². The Hall–Kier alpha value is -1.34. The van der Waals surface area contributed by atoms with Crippen molar-refractivity contribution in [2.45, 2.75) is 46.3 Å². The SMILES string of the molecule is Cc1cc(C)cc(CS(=O)(=O)CCCC(C)(C)C#N)c1. The highest BCUT2D eigenvalue weighted by atomic mass is 32.2. The Morgan fingerprint density at radius 3 is 2.20 bits per heavy atom. The van der Waals surface area contributed by atoms with E-state index in [0.717, 1.165) is 16.7 Å². The van der Waals surface area contributed by atoms with Crippen LogP contribution in [0.5, 0.6) is 0 Å². The standard InChI is InChI=1S/C16H23NO2S/c1-13-8-14(2)10-15(9-13)11-20(18,19)7-5-6-16(3,4)12-17/h8-10H,5-7,11H2,1-4H3. The highest BCUT2D eigenvalue weighted by Crippen LogP contribution is 2.21. The molecular weight excluding hydrogens is 270 g/mol. The summed E-state index contributed by atoms with van der Waals surface area (Å²) in [5, 5.41) is 8.92. The molecule has 0 unspecified atom stereocenters. The number of nitriles is 1. The summed E-state index contributed by atoms with van der Waals surface area (Å²) >= 11 is 0. The van der Waals surface area contributed by atoms with E-state index in [0.29, 0.717) is 12.8 Å². The average molecular weight is 293 g/mol. The first-order chi connectivity index (χ1) is 9.13. The summed E-state index contributed by atoms with van der Waals surface area (Å²) in [5.74, 6) is 0.230. The van der Waals surface area contributed by atoms with E-state index in [1.54, 1.807) is 0 Å². The molecule has 0 fully saturated rings. The van der Waals surface area contributed by atoms with Crippen molar-refractivity contribution in [3.63, 3.8) is 0 Å². The summed E-state index contributed by atoms with van der Waals surface area (Å²) in [7, 11) is -3.11. The zero-order chi connectivity index (χ0) is 15.4. The van der Waals surface area contributed by atoms with Gasteiger partial charge in [0.25, 0.3) is 0 Å². The van der Waals surface area contributed by atoms with Crippen LogP contribution in [0, 0.1) is 30.6 Å². The Morgan fingerprint density at radius 2 is 1.70 bits per heavy atom. The molecule has 1 aromatic carbocycles. The minimum atomic E-state index is -3.11. The third-order valence-corrected chi connectivity index (χ3v) is 4.91. The Bertz CT molecular complexity index is 590. The van der Waals surface area contributed by atoms with E-state index in [4.69, 9.17) is 5.26 Å². The van der Waals surface area contributed by atoms with E-state index in [-0.39, 0.29) is 11.5 Å². The van der Waals surface area contributed by atoms with Crippen molar-refractivity contribution in [2.75, 3.05) is 5.75 Å². The third-order valence-electron chi connectivity index (χ3n) is 3.23. The van der Waals surface area contributed by atoms with Crippen molar-refractivity contribution in [3.8, 4) is 6.07 Å². The maximum Gasteiger partial charge on any atom is 0.154 e. The molecule has 3 nitrogen and oxygen atoms in total. The van der Waals surface area contributed by atoms with Gasteiger partial charge in [-0.1, -0.05) is 29.3 Å². The Kier molecular flexibility index (Phi) is 5.35. The van der Waals surface area contributed by atoms with E-state index in [1.807, 2.05) is 45.9 Å². The first-order valence-electron chi connectivity index (χ1n) is 6.82. The zero-order valence-electron chi connectivity index (χ0n) is 12.7. The minimum absolute atomic E-state index is 0.0858. The molecule has 0 aliphatic rings. The van der Waals surface area contributed by atoms with Crippen molar-refractivity contribution in [3.05, 3.63) is 34.9 Å². The second kappa shape index (κ2) is 6.41. The average Bonchev–Trinajstić information content (AvgIpc) is 2.26. The summed E-state index contributed by atoms with van der Waals surface area (Å²) < 4.78 is 24.2. The van der Waals surface area contributed by atoms with Crippen LogP contribution in [-0.2, 0) is 15.6 Å². The molecule has 0 aromatic heterocycles. The van der Waals surface area contributed by atoms with Gasteiger partial charge in [-0.25, -0.2) is 8.42 Å². The maximum absolute atomic E-state index is 12.1. The van der Waals surface area contributed by atoms with Gasteiger partial charge in [0.1, 0.15) is 0 Å². The number of benzene rings is 1. The summed E-state index contributed by atoms with van der Waals surface area (Å²) in [4.78, 5) is 0. The molecule has 0 heterocycles. The smallest absolute Gasteiger partial charge is 0.154 e.